The second-order valence-corrected chi connectivity index (χ2v) is 3.04. The summed E-state index contributed by atoms with van der Waals surface area (Å²) in [6.45, 7) is 3.51. The Kier molecular flexibility index (Phi) is 3.08. The van der Waals surface area contributed by atoms with Crippen LogP contribution in [0.3, 0.4) is 0 Å². The molecule has 1 aromatic heterocycles. The lowest BCUT2D eigenvalue weighted by molar-refractivity contribution is -0.385. The van der Waals surface area contributed by atoms with Crippen LogP contribution < -0.4 is 0 Å². The minimum Gasteiger partial charge on any atom is -0.461 e. The molecule has 1 rings (SSSR count). The fourth-order valence-electron chi connectivity index (χ4n) is 1.27. The van der Waals surface area contributed by atoms with Crippen LogP contribution in [0.2, 0.25) is 0 Å². The van der Waals surface area contributed by atoms with Crippen molar-refractivity contribution >= 4 is 11.7 Å². The molecule has 0 amide bonds. The lowest BCUT2D eigenvalue weighted by Crippen LogP contribution is -2.10. The lowest BCUT2D eigenvalue weighted by atomic mass is 10.4. The van der Waals surface area contributed by atoms with E-state index in [9.17, 15) is 14.9 Å². The van der Waals surface area contributed by atoms with Crippen molar-refractivity contribution in [2.24, 2.45) is 7.05 Å². The zero-order valence-electron chi connectivity index (χ0n) is 8.81. The van der Waals surface area contributed by atoms with Crippen molar-refractivity contribution in [2.45, 2.75) is 13.8 Å². The maximum Gasteiger partial charge on any atom is 0.355 e. The van der Waals surface area contributed by atoms with Crippen molar-refractivity contribution in [3.63, 3.8) is 0 Å². The monoisotopic (exact) mass is 212 g/mol. The SMILES string of the molecule is CCOC(=O)c1cc([N+](=O)[O-])c(C)n1C. The molecule has 0 saturated heterocycles. The smallest absolute Gasteiger partial charge is 0.355 e. The maximum atomic E-state index is 11.4. The topological polar surface area (TPSA) is 74.4 Å². The highest BCUT2D eigenvalue weighted by atomic mass is 16.6. The molecule has 82 valence electrons. The number of hydrogen-bond acceptors (Lipinski definition) is 4. The van der Waals surface area contributed by atoms with Gasteiger partial charge in [0.2, 0.25) is 0 Å². The van der Waals surface area contributed by atoms with Crippen LogP contribution in [0.5, 0.6) is 0 Å². The highest BCUT2D eigenvalue weighted by Crippen LogP contribution is 2.22. The number of carbonyl (C=O) groups excluding carboxylic acids is 1. The number of ether oxygens (including phenoxy) is 1. The quantitative estimate of drug-likeness (QED) is 0.431. The van der Waals surface area contributed by atoms with E-state index in [2.05, 4.69) is 0 Å². The van der Waals surface area contributed by atoms with Crippen molar-refractivity contribution in [3.05, 3.63) is 27.6 Å². The summed E-state index contributed by atoms with van der Waals surface area (Å²) in [5.74, 6) is -0.545. The summed E-state index contributed by atoms with van der Waals surface area (Å²) < 4.78 is 6.23. The predicted molar refractivity (Wildman–Crippen MR) is 52.8 cm³/mol. The summed E-state index contributed by atoms with van der Waals surface area (Å²) in [5, 5.41) is 10.6. The predicted octanol–water partition coefficient (Wildman–Crippen LogP) is 1.42. The first-order chi connectivity index (χ1) is 6.99. The van der Waals surface area contributed by atoms with Gasteiger partial charge in [0, 0.05) is 13.1 Å². The van der Waals surface area contributed by atoms with Crippen molar-refractivity contribution in [1.29, 1.82) is 0 Å². The van der Waals surface area contributed by atoms with Crippen LogP contribution in [-0.2, 0) is 11.8 Å². The minimum absolute atomic E-state index is 0.0689. The number of aromatic nitrogens is 1. The molecule has 0 N–H and O–H groups in total. The maximum absolute atomic E-state index is 11.4. The standard InChI is InChI=1S/C9H12N2O4/c1-4-15-9(12)8-5-7(11(13)14)6(2)10(8)3/h5H,4H2,1-3H3. The molecule has 0 saturated carbocycles. The van der Waals surface area contributed by atoms with Crippen LogP contribution in [0.15, 0.2) is 6.07 Å². The van der Waals surface area contributed by atoms with Crippen molar-refractivity contribution < 1.29 is 14.5 Å². The molecule has 0 spiro atoms. The van der Waals surface area contributed by atoms with Gasteiger partial charge in [-0.3, -0.25) is 10.1 Å². The van der Waals surface area contributed by atoms with E-state index in [0.29, 0.717) is 5.69 Å². The van der Waals surface area contributed by atoms with Gasteiger partial charge >= 0.3 is 5.97 Å². The molecule has 0 bridgehead atoms. The first kappa shape index (κ1) is 11.2. The van der Waals surface area contributed by atoms with Gasteiger partial charge in [-0.15, -0.1) is 0 Å². The molecule has 0 fully saturated rings. The lowest BCUT2D eigenvalue weighted by Gasteiger charge is -2.02. The molecule has 15 heavy (non-hydrogen) atoms. The largest absolute Gasteiger partial charge is 0.461 e. The zero-order valence-corrected chi connectivity index (χ0v) is 8.81. The molecule has 0 aliphatic carbocycles. The third-order valence-corrected chi connectivity index (χ3v) is 2.19. The Hall–Kier alpha value is -1.85. The van der Waals surface area contributed by atoms with Crippen molar-refractivity contribution in [2.75, 3.05) is 6.61 Å². The van der Waals surface area contributed by atoms with Gasteiger partial charge < -0.3 is 9.30 Å². The van der Waals surface area contributed by atoms with Crippen LogP contribution in [-0.4, -0.2) is 22.1 Å². The third kappa shape index (κ3) is 1.98. The second-order valence-electron chi connectivity index (χ2n) is 3.04. The second kappa shape index (κ2) is 4.12. The Labute approximate surface area is 86.6 Å². The molecule has 0 atom stereocenters. The molecular formula is C9H12N2O4. The highest BCUT2D eigenvalue weighted by molar-refractivity contribution is 5.89. The number of nitro groups is 1. The number of hydrogen-bond donors (Lipinski definition) is 0. The summed E-state index contributed by atoms with van der Waals surface area (Å²) in [4.78, 5) is 21.5. The van der Waals surface area contributed by atoms with Crippen LogP contribution in [0.4, 0.5) is 5.69 Å². The fourth-order valence-corrected chi connectivity index (χ4v) is 1.27. The zero-order chi connectivity index (χ0) is 11.6. The van der Waals surface area contributed by atoms with Gasteiger partial charge in [-0.25, -0.2) is 4.79 Å². The first-order valence-electron chi connectivity index (χ1n) is 4.46. The summed E-state index contributed by atoms with van der Waals surface area (Å²) in [6, 6.07) is 1.23. The molecule has 0 aliphatic rings. The van der Waals surface area contributed by atoms with Crippen LogP contribution in [0.1, 0.15) is 23.1 Å². The highest BCUT2D eigenvalue weighted by Gasteiger charge is 2.22. The Balaban J connectivity index is 3.16. The van der Waals surface area contributed by atoms with E-state index in [1.165, 1.54) is 10.6 Å². The fraction of sp³-hybridized carbons (Fsp3) is 0.444. The van der Waals surface area contributed by atoms with Crippen LogP contribution in [0.25, 0.3) is 0 Å². The van der Waals surface area contributed by atoms with E-state index in [1.54, 1.807) is 20.9 Å². The van der Waals surface area contributed by atoms with E-state index in [4.69, 9.17) is 4.74 Å². The third-order valence-electron chi connectivity index (χ3n) is 2.19. The van der Waals surface area contributed by atoms with Crippen molar-refractivity contribution in [3.8, 4) is 0 Å². The van der Waals surface area contributed by atoms with Gasteiger partial charge in [0.25, 0.3) is 5.69 Å². The molecule has 6 nitrogen and oxygen atoms in total. The molecule has 1 aromatic rings. The van der Waals surface area contributed by atoms with Gasteiger partial charge in [0.1, 0.15) is 5.69 Å². The average molecular weight is 212 g/mol. The molecule has 1 heterocycles. The average Bonchev–Trinajstić information content (AvgIpc) is 2.45. The number of esters is 1. The van der Waals surface area contributed by atoms with Gasteiger partial charge in [-0.1, -0.05) is 0 Å². The Morgan fingerprint density at radius 2 is 2.27 bits per heavy atom. The Bertz CT molecular complexity index is 408. The van der Waals surface area contributed by atoms with Gasteiger partial charge in [-0.2, -0.15) is 0 Å². The molecule has 0 radical (unpaired) electrons. The van der Waals surface area contributed by atoms with Gasteiger partial charge in [-0.05, 0) is 13.8 Å². The molecular weight excluding hydrogens is 200 g/mol. The summed E-state index contributed by atoms with van der Waals surface area (Å²) in [7, 11) is 1.59. The summed E-state index contributed by atoms with van der Waals surface area (Å²) >= 11 is 0. The van der Waals surface area contributed by atoms with Crippen LogP contribution in [0, 0.1) is 17.0 Å². The summed E-state index contributed by atoms with van der Waals surface area (Å²) in [5.41, 5.74) is 0.560. The van der Waals surface area contributed by atoms with Crippen molar-refractivity contribution in [1.82, 2.24) is 4.57 Å². The minimum atomic E-state index is -0.545. The van der Waals surface area contributed by atoms with Gasteiger partial charge in [0.15, 0.2) is 0 Å². The van der Waals surface area contributed by atoms with Crippen LogP contribution >= 0.6 is 0 Å². The normalized spacial score (nSPS) is 10.1. The summed E-state index contributed by atoms with van der Waals surface area (Å²) in [6.07, 6.45) is 0. The number of rotatable bonds is 3. The van der Waals surface area contributed by atoms with E-state index < -0.39 is 10.9 Å². The molecule has 6 heteroatoms. The molecule has 0 unspecified atom stereocenters. The Morgan fingerprint density at radius 3 is 2.67 bits per heavy atom. The van der Waals surface area contributed by atoms with Gasteiger partial charge in [0.05, 0.1) is 17.2 Å². The molecule has 0 aliphatic heterocycles. The van der Waals surface area contributed by atoms with E-state index in [1.807, 2.05) is 0 Å². The van der Waals surface area contributed by atoms with E-state index in [-0.39, 0.29) is 18.0 Å². The molecule has 0 aromatic carbocycles. The van der Waals surface area contributed by atoms with E-state index >= 15 is 0 Å². The number of nitrogens with zero attached hydrogens (tertiary/aromatic N) is 2. The Morgan fingerprint density at radius 1 is 1.67 bits per heavy atom. The number of carbonyl (C=O) groups is 1. The van der Waals surface area contributed by atoms with E-state index in [0.717, 1.165) is 0 Å². The first-order valence-corrected chi connectivity index (χ1v) is 4.46.